The highest BCUT2D eigenvalue weighted by Crippen LogP contribution is 2.94. The van der Waals surface area contributed by atoms with Crippen LogP contribution in [0.3, 0.4) is 0 Å². The van der Waals surface area contributed by atoms with E-state index in [0.29, 0.717) is 11.3 Å². The van der Waals surface area contributed by atoms with Crippen molar-refractivity contribution in [2.75, 3.05) is 0 Å². The second-order valence-electron chi connectivity index (χ2n) is 7.92. The highest BCUT2D eigenvalue weighted by molar-refractivity contribution is 9.11. The van der Waals surface area contributed by atoms with Gasteiger partial charge in [-0.1, -0.05) is 96.5 Å². The molecule has 0 aliphatic heterocycles. The summed E-state index contributed by atoms with van der Waals surface area (Å²) in [5.41, 5.74) is 3.88. The smallest absolute Gasteiger partial charge is 0.0184 e. The summed E-state index contributed by atoms with van der Waals surface area (Å²) in [7, 11) is 0. The summed E-state index contributed by atoms with van der Waals surface area (Å²) < 4.78 is 1.40. The number of hydrogen-bond acceptors (Lipinski definition) is 0. The van der Waals surface area contributed by atoms with Gasteiger partial charge < -0.3 is 0 Å². The van der Waals surface area contributed by atoms with Crippen molar-refractivity contribution >= 4 is 15.9 Å². The van der Waals surface area contributed by atoms with Gasteiger partial charge >= 0.3 is 0 Å². The highest BCUT2D eigenvalue weighted by Gasteiger charge is 2.95. The van der Waals surface area contributed by atoms with Crippen LogP contribution >= 0.6 is 15.9 Å². The summed E-state index contributed by atoms with van der Waals surface area (Å²) in [6, 6.07) is 22.5. The number of allylic oxidation sites excluding steroid dienone is 2. The molecular formula is C22H21Br. The molecule has 0 unspecified atom stereocenters. The topological polar surface area (TPSA) is 0 Å². The zero-order valence-electron chi connectivity index (χ0n) is 13.6. The largest absolute Gasteiger partial charge is 0.0700 e. The number of hydrogen-bond donors (Lipinski definition) is 0. The quantitative estimate of drug-likeness (QED) is 0.628. The Morgan fingerprint density at radius 1 is 0.826 bits per heavy atom. The van der Waals surface area contributed by atoms with E-state index in [1.54, 1.807) is 0 Å². The molecule has 0 nitrogen and oxygen atoms in total. The van der Waals surface area contributed by atoms with E-state index < -0.39 is 0 Å². The van der Waals surface area contributed by atoms with Gasteiger partial charge in [0.05, 0.1) is 0 Å². The molecule has 2 saturated carbocycles. The Balaban J connectivity index is 1.78. The van der Waals surface area contributed by atoms with E-state index in [0.717, 1.165) is 5.92 Å². The maximum Gasteiger partial charge on any atom is 0.0184 e. The van der Waals surface area contributed by atoms with Crippen LogP contribution in [0.5, 0.6) is 0 Å². The van der Waals surface area contributed by atoms with Crippen molar-refractivity contribution in [1.29, 1.82) is 0 Å². The first kappa shape index (κ1) is 14.0. The lowest BCUT2D eigenvalue weighted by Crippen LogP contribution is -2.49. The molecule has 2 fully saturated rings. The van der Waals surface area contributed by atoms with Crippen molar-refractivity contribution in [3.8, 4) is 0 Å². The highest BCUT2D eigenvalue weighted by atomic mass is 79.9. The monoisotopic (exact) mass is 364 g/mol. The van der Waals surface area contributed by atoms with Crippen LogP contribution in [0.4, 0.5) is 0 Å². The number of fused-ring (bicyclic) bond motifs is 4. The Hall–Kier alpha value is -1.34. The minimum absolute atomic E-state index is 0.253. The molecular weight excluding hydrogens is 344 g/mol. The van der Waals surface area contributed by atoms with Crippen molar-refractivity contribution in [3.05, 3.63) is 82.3 Å². The third kappa shape index (κ3) is 1.26. The first-order valence-corrected chi connectivity index (χ1v) is 9.35. The molecule has 5 rings (SSSR count). The first-order chi connectivity index (χ1) is 11.1. The SMILES string of the molecule is CC1(C)[C@]2(c3ccccc3)[C@H]3C=C(Br)C[C@@H]3[C@]12c1ccccc1. The Morgan fingerprint density at radius 2 is 1.35 bits per heavy atom. The summed E-state index contributed by atoms with van der Waals surface area (Å²) in [5, 5.41) is 0. The van der Waals surface area contributed by atoms with E-state index >= 15 is 0 Å². The lowest BCUT2D eigenvalue weighted by atomic mass is 9.54. The lowest BCUT2D eigenvalue weighted by Gasteiger charge is -2.48. The van der Waals surface area contributed by atoms with Gasteiger partial charge in [-0.2, -0.15) is 0 Å². The fourth-order valence-corrected chi connectivity index (χ4v) is 7.47. The zero-order valence-corrected chi connectivity index (χ0v) is 15.2. The van der Waals surface area contributed by atoms with E-state index in [1.165, 1.54) is 22.0 Å². The molecule has 0 heterocycles. The summed E-state index contributed by atoms with van der Waals surface area (Å²) in [4.78, 5) is 0. The molecule has 23 heavy (non-hydrogen) atoms. The molecule has 0 bridgehead atoms. The predicted octanol–water partition coefficient (Wildman–Crippen LogP) is 5.83. The molecule has 0 radical (unpaired) electrons. The van der Waals surface area contributed by atoms with E-state index in [9.17, 15) is 0 Å². The second-order valence-corrected chi connectivity index (χ2v) is 8.94. The van der Waals surface area contributed by atoms with E-state index in [2.05, 4.69) is 96.5 Å². The Kier molecular flexibility index (Phi) is 2.56. The van der Waals surface area contributed by atoms with Crippen molar-refractivity contribution in [1.82, 2.24) is 0 Å². The average molecular weight is 365 g/mol. The third-order valence-electron chi connectivity index (χ3n) is 7.25. The molecule has 3 aliphatic rings. The molecule has 1 heteroatoms. The predicted molar refractivity (Wildman–Crippen MR) is 98.6 cm³/mol. The van der Waals surface area contributed by atoms with Crippen molar-refractivity contribution in [3.63, 3.8) is 0 Å². The van der Waals surface area contributed by atoms with Crippen LogP contribution in [0.25, 0.3) is 0 Å². The normalized spacial score (nSPS) is 39.0. The third-order valence-corrected chi connectivity index (χ3v) is 7.84. The number of halogens is 1. The second kappa shape index (κ2) is 4.19. The van der Waals surface area contributed by atoms with Gasteiger partial charge in [-0.15, -0.1) is 0 Å². The van der Waals surface area contributed by atoms with E-state index in [4.69, 9.17) is 0 Å². The lowest BCUT2D eigenvalue weighted by molar-refractivity contribution is 0.145. The molecule has 0 amide bonds. The van der Waals surface area contributed by atoms with Crippen molar-refractivity contribution < 1.29 is 0 Å². The van der Waals surface area contributed by atoms with Crippen molar-refractivity contribution in [2.24, 2.45) is 17.3 Å². The summed E-state index contributed by atoms with van der Waals surface area (Å²) >= 11 is 3.80. The number of rotatable bonds is 2. The van der Waals surface area contributed by atoms with Crippen molar-refractivity contribution in [2.45, 2.75) is 31.1 Å². The first-order valence-electron chi connectivity index (χ1n) is 8.55. The van der Waals surface area contributed by atoms with Crippen LogP contribution in [0, 0.1) is 17.3 Å². The molecule has 0 saturated heterocycles. The summed E-state index contributed by atoms with van der Waals surface area (Å²) in [5.74, 6) is 1.39. The van der Waals surface area contributed by atoms with Gasteiger partial charge in [-0.25, -0.2) is 0 Å². The Morgan fingerprint density at radius 3 is 1.91 bits per heavy atom. The average Bonchev–Trinajstić information content (AvgIpc) is 2.73. The van der Waals surface area contributed by atoms with Crippen LogP contribution in [0.2, 0.25) is 0 Å². The molecule has 0 N–H and O–H groups in total. The van der Waals surface area contributed by atoms with Crippen LogP contribution in [-0.4, -0.2) is 0 Å². The minimum atomic E-state index is 0.253. The molecule has 0 aromatic heterocycles. The summed E-state index contributed by atoms with van der Waals surface area (Å²) in [6.07, 6.45) is 3.70. The molecule has 4 atom stereocenters. The van der Waals surface area contributed by atoms with E-state index in [1.807, 2.05) is 0 Å². The standard InChI is InChI=1S/C22H21Br/c1-20(2)21(15-9-5-3-6-10-15)18-13-17(23)14-19(18)22(20,21)16-11-7-4-8-12-16/h3-13,18-19H,14H2,1-2H3/t18-,19-,21-,22+/m0/s1. The maximum absolute atomic E-state index is 3.80. The van der Waals surface area contributed by atoms with Gasteiger partial charge in [0.25, 0.3) is 0 Å². The Labute approximate surface area is 146 Å². The minimum Gasteiger partial charge on any atom is -0.0700 e. The molecule has 0 spiro atoms. The maximum atomic E-state index is 3.80. The summed E-state index contributed by atoms with van der Waals surface area (Å²) in [6.45, 7) is 4.99. The fourth-order valence-electron chi connectivity index (χ4n) is 6.83. The molecule has 2 aromatic carbocycles. The molecule has 3 aliphatic carbocycles. The van der Waals surface area contributed by atoms with E-state index in [-0.39, 0.29) is 10.8 Å². The van der Waals surface area contributed by atoms with Gasteiger partial charge in [0.1, 0.15) is 0 Å². The molecule has 116 valence electrons. The van der Waals surface area contributed by atoms with Gasteiger partial charge in [0, 0.05) is 10.8 Å². The van der Waals surface area contributed by atoms with Crippen LogP contribution in [-0.2, 0) is 10.8 Å². The van der Waals surface area contributed by atoms with Gasteiger partial charge in [-0.3, -0.25) is 0 Å². The Bertz CT molecular complexity index is 804. The number of benzene rings is 2. The fraction of sp³-hybridized carbons (Fsp3) is 0.364. The van der Waals surface area contributed by atoms with Gasteiger partial charge in [0.2, 0.25) is 0 Å². The van der Waals surface area contributed by atoms with Crippen LogP contribution in [0.1, 0.15) is 31.4 Å². The van der Waals surface area contributed by atoms with Crippen LogP contribution < -0.4 is 0 Å². The molecule has 2 aromatic rings. The van der Waals surface area contributed by atoms with Crippen LogP contribution in [0.15, 0.2) is 71.2 Å². The van der Waals surface area contributed by atoms with Gasteiger partial charge in [-0.05, 0) is 39.3 Å². The van der Waals surface area contributed by atoms with Gasteiger partial charge in [0.15, 0.2) is 0 Å². The zero-order chi connectivity index (χ0) is 15.9.